The fourth-order valence-corrected chi connectivity index (χ4v) is 6.29. The Labute approximate surface area is 139 Å². The molecule has 4 fully saturated rings. The fraction of sp³-hybridized carbons (Fsp3) is 0.632. The Morgan fingerprint density at radius 1 is 1.14 bits per heavy atom. The van der Waals surface area contributed by atoms with E-state index < -0.39 is 0 Å². The van der Waals surface area contributed by atoms with E-state index >= 15 is 0 Å². The summed E-state index contributed by atoms with van der Waals surface area (Å²) in [6.07, 6.45) is 8.66. The molecule has 2 atom stereocenters. The number of anilines is 1. The van der Waals surface area contributed by atoms with Gasteiger partial charge in [0.05, 0.1) is 0 Å². The Bertz CT molecular complexity index is 554. The molecule has 3 heteroatoms. The number of rotatable bonds is 3. The molecule has 2 N–H and O–H groups in total. The molecule has 1 aromatic carbocycles. The Kier molecular flexibility index (Phi) is 3.44. The van der Waals surface area contributed by atoms with E-state index in [0.29, 0.717) is 10.8 Å². The summed E-state index contributed by atoms with van der Waals surface area (Å²) in [5.74, 6) is 1.95. The minimum Gasteiger partial charge on any atom is -0.362 e. The van der Waals surface area contributed by atoms with Crippen LogP contribution in [0.2, 0.25) is 0 Å². The maximum atomic E-state index is 5.50. The molecule has 0 radical (unpaired) electrons. The van der Waals surface area contributed by atoms with Crippen LogP contribution in [-0.2, 0) is 0 Å². The molecule has 0 amide bonds. The number of para-hydroxylation sites is 1. The highest BCUT2D eigenvalue weighted by Crippen LogP contribution is 2.64. The molecule has 4 saturated carbocycles. The Hall–Kier alpha value is -1.09. The van der Waals surface area contributed by atoms with Crippen LogP contribution in [0.5, 0.6) is 0 Å². The van der Waals surface area contributed by atoms with Gasteiger partial charge < -0.3 is 10.6 Å². The van der Waals surface area contributed by atoms with E-state index in [1.54, 1.807) is 0 Å². The average molecular weight is 314 g/mol. The molecule has 0 aliphatic heterocycles. The van der Waals surface area contributed by atoms with Gasteiger partial charge in [0.1, 0.15) is 0 Å². The molecule has 5 rings (SSSR count). The van der Waals surface area contributed by atoms with Crippen molar-refractivity contribution in [1.82, 2.24) is 5.32 Å². The van der Waals surface area contributed by atoms with Crippen LogP contribution in [0.3, 0.4) is 0 Å². The molecule has 4 bridgehead atoms. The van der Waals surface area contributed by atoms with Gasteiger partial charge in [0.25, 0.3) is 0 Å². The summed E-state index contributed by atoms with van der Waals surface area (Å²) < 4.78 is 0. The van der Waals surface area contributed by atoms with Crippen LogP contribution in [0.15, 0.2) is 30.3 Å². The number of thiocarbonyl (C=S) groups is 1. The lowest BCUT2D eigenvalue weighted by atomic mass is 9.44. The Balaban J connectivity index is 1.38. The molecule has 0 saturated heterocycles. The third-order valence-electron chi connectivity index (χ3n) is 6.13. The van der Waals surface area contributed by atoms with Gasteiger partial charge in [0.15, 0.2) is 5.11 Å². The molecule has 0 heterocycles. The minimum absolute atomic E-state index is 0.501. The van der Waals surface area contributed by atoms with E-state index in [1.165, 1.54) is 38.5 Å². The van der Waals surface area contributed by atoms with Gasteiger partial charge in [-0.25, -0.2) is 0 Å². The zero-order chi connectivity index (χ0) is 15.2. The van der Waals surface area contributed by atoms with E-state index in [2.05, 4.69) is 29.7 Å². The number of hydrogen-bond donors (Lipinski definition) is 2. The first-order chi connectivity index (χ1) is 10.5. The first-order valence-corrected chi connectivity index (χ1v) is 9.05. The lowest BCUT2D eigenvalue weighted by molar-refractivity contribution is -0.0981. The number of nitrogens with one attached hydrogen (secondary N) is 2. The van der Waals surface area contributed by atoms with Gasteiger partial charge in [-0.05, 0) is 85.5 Å². The average Bonchev–Trinajstić information content (AvgIpc) is 2.44. The van der Waals surface area contributed by atoms with Crippen LogP contribution < -0.4 is 10.6 Å². The zero-order valence-corrected chi connectivity index (χ0v) is 14.2. The van der Waals surface area contributed by atoms with Gasteiger partial charge in [-0.3, -0.25) is 0 Å². The maximum absolute atomic E-state index is 5.50. The molecular formula is C19H26N2S. The van der Waals surface area contributed by atoms with Gasteiger partial charge in [-0.15, -0.1) is 0 Å². The lowest BCUT2D eigenvalue weighted by Crippen LogP contribution is -2.55. The smallest absolute Gasteiger partial charge is 0.170 e. The van der Waals surface area contributed by atoms with Gasteiger partial charge in [0.2, 0.25) is 0 Å². The number of benzene rings is 1. The van der Waals surface area contributed by atoms with Gasteiger partial charge in [-0.2, -0.15) is 0 Å². The highest BCUT2D eigenvalue weighted by atomic mass is 32.1. The topological polar surface area (TPSA) is 24.1 Å². The summed E-state index contributed by atoms with van der Waals surface area (Å²) in [5.41, 5.74) is 2.18. The first kappa shape index (κ1) is 14.5. The molecule has 4 aliphatic rings. The summed E-state index contributed by atoms with van der Waals surface area (Å²) in [6, 6.07) is 10.2. The third-order valence-corrected chi connectivity index (χ3v) is 6.38. The van der Waals surface area contributed by atoms with Crippen molar-refractivity contribution in [3.05, 3.63) is 30.3 Å². The summed E-state index contributed by atoms with van der Waals surface area (Å²) in [7, 11) is 0. The second kappa shape index (κ2) is 5.23. The van der Waals surface area contributed by atoms with Crippen molar-refractivity contribution in [3.8, 4) is 0 Å². The largest absolute Gasteiger partial charge is 0.362 e. The van der Waals surface area contributed by atoms with Gasteiger partial charge in [-0.1, -0.05) is 25.1 Å². The molecule has 4 aliphatic carbocycles. The van der Waals surface area contributed by atoms with Crippen LogP contribution in [-0.4, -0.2) is 11.7 Å². The second-order valence-corrected chi connectivity index (χ2v) is 8.85. The Morgan fingerprint density at radius 2 is 1.82 bits per heavy atom. The normalized spacial score (nSPS) is 38.8. The third kappa shape index (κ3) is 2.76. The number of hydrogen-bond acceptors (Lipinski definition) is 1. The molecular weight excluding hydrogens is 288 g/mol. The van der Waals surface area contributed by atoms with Crippen molar-refractivity contribution >= 4 is 23.0 Å². The highest BCUT2D eigenvalue weighted by Gasteiger charge is 2.55. The standard InChI is InChI=1S/C19H26N2S/c1-18-8-14-7-15(9-18)11-19(10-14,12-18)13-20-17(22)21-16-5-3-2-4-6-16/h2-6,14-15H,7-13H2,1H3,(H2,20,21,22). The monoisotopic (exact) mass is 314 g/mol. The van der Waals surface area contributed by atoms with Crippen LogP contribution >= 0.6 is 12.2 Å². The van der Waals surface area contributed by atoms with Crippen molar-refractivity contribution in [2.45, 2.75) is 45.4 Å². The predicted molar refractivity (Wildman–Crippen MR) is 95.9 cm³/mol. The predicted octanol–water partition coefficient (Wildman–Crippen LogP) is 4.58. The van der Waals surface area contributed by atoms with Crippen molar-refractivity contribution in [3.63, 3.8) is 0 Å². The minimum atomic E-state index is 0.501. The zero-order valence-electron chi connectivity index (χ0n) is 13.4. The van der Waals surface area contributed by atoms with Crippen LogP contribution in [0.4, 0.5) is 5.69 Å². The van der Waals surface area contributed by atoms with Gasteiger partial charge in [0, 0.05) is 12.2 Å². The molecule has 0 aromatic heterocycles. The van der Waals surface area contributed by atoms with E-state index in [0.717, 1.165) is 29.2 Å². The highest BCUT2D eigenvalue weighted by molar-refractivity contribution is 7.80. The quantitative estimate of drug-likeness (QED) is 0.799. The molecule has 2 unspecified atom stereocenters. The van der Waals surface area contributed by atoms with Crippen LogP contribution in [0.25, 0.3) is 0 Å². The van der Waals surface area contributed by atoms with Crippen molar-refractivity contribution in [2.24, 2.45) is 22.7 Å². The molecule has 0 spiro atoms. The summed E-state index contributed by atoms with van der Waals surface area (Å²) >= 11 is 5.50. The van der Waals surface area contributed by atoms with E-state index in [1.807, 2.05) is 18.2 Å². The summed E-state index contributed by atoms with van der Waals surface area (Å²) in [6.45, 7) is 3.58. The van der Waals surface area contributed by atoms with Crippen molar-refractivity contribution in [1.29, 1.82) is 0 Å². The molecule has 118 valence electrons. The fourth-order valence-electron chi connectivity index (χ4n) is 6.10. The molecule has 1 aromatic rings. The first-order valence-electron chi connectivity index (χ1n) is 8.64. The van der Waals surface area contributed by atoms with Crippen molar-refractivity contribution < 1.29 is 0 Å². The summed E-state index contributed by atoms with van der Waals surface area (Å²) in [5, 5.41) is 7.60. The van der Waals surface area contributed by atoms with Crippen LogP contribution in [0.1, 0.15) is 45.4 Å². The molecule has 2 nitrogen and oxygen atoms in total. The van der Waals surface area contributed by atoms with Crippen molar-refractivity contribution in [2.75, 3.05) is 11.9 Å². The van der Waals surface area contributed by atoms with E-state index in [-0.39, 0.29) is 0 Å². The second-order valence-electron chi connectivity index (χ2n) is 8.45. The van der Waals surface area contributed by atoms with E-state index in [4.69, 9.17) is 12.2 Å². The SMILES string of the molecule is CC12CC3CC(C1)CC(CNC(=S)Nc1ccccc1)(C3)C2. The lowest BCUT2D eigenvalue weighted by Gasteiger charge is -2.61. The molecule has 22 heavy (non-hydrogen) atoms. The van der Waals surface area contributed by atoms with Gasteiger partial charge >= 0.3 is 0 Å². The summed E-state index contributed by atoms with van der Waals surface area (Å²) in [4.78, 5) is 0. The Morgan fingerprint density at radius 3 is 2.45 bits per heavy atom. The van der Waals surface area contributed by atoms with Crippen LogP contribution in [0, 0.1) is 22.7 Å². The van der Waals surface area contributed by atoms with E-state index in [9.17, 15) is 0 Å². The maximum Gasteiger partial charge on any atom is 0.170 e.